The lowest BCUT2D eigenvalue weighted by Gasteiger charge is -2.19. The first-order valence-electron chi connectivity index (χ1n) is 13.3. The summed E-state index contributed by atoms with van der Waals surface area (Å²) < 4.78 is 35.2. The Morgan fingerprint density at radius 1 is 1.02 bits per heavy atom. The molecule has 1 aliphatic heterocycles. The number of halogens is 3. The molecule has 1 aliphatic rings. The van der Waals surface area contributed by atoms with Crippen LogP contribution in [0.15, 0.2) is 71.3 Å². The number of carbonyl (C=O) groups excluding carboxylic acids is 3. The normalized spacial score (nSPS) is 20.1. The van der Waals surface area contributed by atoms with Crippen molar-refractivity contribution in [2.24, 2.45) is 5.41 Å². The third-order valence-corrected chi connectivity index (χ3v) is 7.54. The zero-order valence-corrected chi connectivity index (χ0v) is 25.6. The van der Waals surface area contributed by atoms with Gasteiger partial charge in [-0.15, -0.1) is 0 Å². The molecule has 1 N–H and O–H groups in total. The molecule has 1 amide bonds. The molecule has 4 aromatic rings. The molecule has 43 heavy (non-hydrogen) atoms. The minimum Gasteiger partial charge on any atom is -0.459 e. The summed E-state index contributed by atoms with van der Waals surface area (Å²) in [6.45, 7) is 4.77. The van der Waals surface area contributed by atoms with E-state index in [2.05, 4.69) is 31.2 Å². The van der Waals surface area contributed by atoms with E-state index in [9.17, 15) is 14.4 Å². The SMILES string of the molecule is CC(C)(C)C(=O)Nc1nc(Cl)c2c(Br)cn([C@@H]3O[C@H](COC(=O)c4ccccc4)[C@@H](OC(=O)c4ccccc4)[C@@H]3F)c2n1. The van der Waals surface area contributed by atoms with Crippen LogP contribution in [0.25, 0.3) is 11.0 Å². The van der Waals surface area contributed by atoms with Crippen molar-refractivity contribution >= 4 is 62.4 Å². The van der Waals surface area contributed by atoms with E-state index in [1.54, 1.807) is 69.3 Å². The summed E-state index contributed by atoms with van der Waals surface area (Å²) >= 11 is 9.87. The molecule has 10 nitrogen and oxygen atoms in total. The van der Waals surface area contributed by atoms with Gasteiger partial charge in [0.2, 0.25) is 11.9 Å². The maximum absolute atomic E-state index is 16.3. The summed E-state index contributed by atoms with van der Waals surface area (Å²) in [6.07, 6.45) is -4.41. The zero-order valence-electron chi connectivity index (χ0n) is 23.3. The highest BCUT2D eigenvalue weighted by Crippen LogP contribution is 2.40. The Bertz CT molecular complexity index is 1660. The standard InChI is InChI=1S/C30H27BrClFN4O6/c1-30(2,3)28(40)36-29-34-23(32)20-18(31)14-37(24(20)35-29)25-21(33)22(43-27(39)17-12-8-5-9-13-17)19(42-25)15-41-26(38)16-10-6-4-7-11-16/h4-14,19,21-22,25H,15H2,1-3H3,(H,34,35,36,40)/t19-,21+,22-,25-/m1/s1. The minimum atomic E-state index is -1.92. The van der Waals surface area contributed by atoms with Crippen LogP contribution < -0.4 is 5.32 Å². The van der Waals surface area contributed by atoms with Gasteiger partial charge in [-0.1, -0.05) is 68.8 Å². The average Bonchev–Trinajstić information content (AvgIpc) is 3.47. The predicted octanol–water partition coefficient (Wildman–Crippen LogP) is 6.15. The second-order valence-electron chi connectivity index (χ2n) is 10.8. The fourth-order valence-electron chi connectivity index (χ4n) is 4.38. The summed E-state index contributed by atoms with van der Waals surface area (Å²) in [6, 6.07) is 16.4. The van der Waals surface area contributed by atoms with Crippen molar-refractivity contribution in [3.05, 3.63) is 87.6 Å². The summed E-state index contributed by atoms with van der Waals surface area (Å²) in [4.78, 5) is 46.8. The Kier molecular flexibility index (Phi) is 8.81. The molecule has 0 unspecified atom stereocenters. The average molecular weight is 674 g/mol. The van der Waals surface area contributed by atoms with Gasteiger partial charge in [-0.3, -0.25) is 10.1 Å². The number of esters is 2. The van der Waals surface area contributed by atoms with Crippen LogP contribution in [0.5, 0.6) is 0 Å². The molecule has 224 valence electrons. The van der Waals surface area contributed by atoms with Crippen molar-refractivity contribution < 1.29 is 33.0 Å². The van der Waals surface area contributed by atoms with Crippen LogP contribution >= 0.6 is 27.5 Å². The van der Waals surface area contributed by atoms with Gasteiger partial charge in [-0.2, -0.15) is 9.97 Å². The van der Waals surface area contributed by atoms with Crippen LogP contribution in [0, 0.1) is 5.41 Å². The van der Waals surface area contributed by atoms with Crippen LogP contribution in [-0.2, 0) is 19.0 Å². The van der Waals surface area contributed by atoms with E-state index >= 15 is 4.39 Å². The molecule has 0 spiro atoms. The number of fused-ring (bicyclic) bond motifs is 1. The fourth-order valence-corrected chi connectivity index (χ4v) is 5.34. The lowest BCUT2D eigenvalue weighted by atomic mass is 9.96. The highest BCUT2D eigenvalue weighted by Gasteiger charge is 2.50. The highest BCUT2D eigenvalue weighted by molar-refractivity contribution is 9.10. The van der Waals surface area contributed by atoms with Crippen molar-refractivity contribution in [2.75, 3.05) is 11.9 Å². The Morgan fingerprint density at radius 2 is 1.63 bits per heavy atom. The third-order valence-electron chi connectivity index (χ3n) is 6.67. The van der Waals surface area contributed by atoms with Crippen LogP contribution in [0.3, 0.4) is 0 Å². The molecule has 1 fully saturated rings. The molecule has 13 heteroatoms. The summed E-state index contributed by atoms with van der Waals surface area (Å²) in [5.41, 5.74) is -0.0836. The smallest absolute Gasteiger partial charge is 0.338 e. The van der Waals surface area contributed by atoms with Gasteiger partial charge in [0.25, 0.3) is 0 Å². The summed E-state index contributed by atoms with van der Waals surface area (Å²) in [7, 11) is 0. The van der Waals surface area contributed by atoms with E-state index in [-0.39, 0.29) is 28.2 Å². The minimum absolute atomic E-state index is 0.00800. The van der Waals surface area contributed by atoms with Crippen molar-refractivity contribution in [1.82, 2.24) is 14.5 Å². The molecule has 0 bridgehead atoms. The maximum atomic E-state index is 16.3. The Labute approximate surface area is 259 Å². The molecule has 5 rings (SSSR count). The van der Waals surface area contributed by atoms with E-state index in [4.69, 9.17) is 25.8 Å². The van der Waals surface area contributed by atoms with Gasteiger partial charge < -0.3 is 18.8 Å². The van der Waals surface area contributed by atoms with Gasteiger partial charge in [-0.25, -0.2) is 14.0 Å². The number of benzene rings is 2. The third kappa shape index (κ3) is 6.56. The first-order chi connectivity index (χ1) is 20.4. The van der Waals surface area contributed by atoms with Crippen LogP contribution in [-0.4, -0.2) is 57.4 Å². The topological polar surface area (TPSA) is 122 Å². The number of amides is 1. The molecular weight excluding hydrogens is 647 g/mol. The molecule has 1 saturated heterocycles. The van der Waals surface area contributed by atoms with Crippen molar-refractivity contribution in [1.29, 1.82) is 0 Å². The van der Waals surface area contributed by atoms with Crippen LogP contribution in [0.1, 0.15) is 47.7 Å². The molecule has 2 aromatic carbocycles. The van der Waals surface area contributed by atoms with Gasteiger partial charge >= 0.3 is 11.9 Å². The molecule has 2 aromatic heterocycles. The maximum Gasteiger partial charge on any atom is 0.338 e. The van der Waals surface area contributed by atoms with Crippen molar-refractivity contribution in [3.8, 4) is 0 Å². The molecule has 0 saturated carbocycles. The number of alkyl halides is 1. The van der Waals surface area contributed by atoms with Gasteiger partial charge in [0.05, 0.1) is 16.5 Å². The fraction of sp³-hybridized carbons (Fsp3) is 0.300. The number of anilines is 1. The lowest BCUT2D eigenvalue weighted by molar-refractivity contribution is -0.123. The lowest BCUT2D eigenvalue weighted by Crippen LogP contribution is -2.37. The van der Waals surface area contributed by atoms with Crippen molar-refractivity contribution in [2.45, 2.75) is 45.4 Å². The van der Waals surface area contributed by atoms with E-state index in [1.807, 2.05) is 0 Å². The number of hydrogen-bond donors (Lipinski definition) is 1. The molecule has 3 heterocycles. The van der Waals surface area contributed by atoms with E-state index < -0.39 is 48.6 Å². The number of nitrogens with zero attached hydrogens (tertiary/aromatic N) is 3. The van der Waals surface area contributed by atoms with Gasteiger partial charge in [0.15, 0.2) is 24.2 Å². The monoisotopic (exact) mass is 672 g/mol. The zero-order chi connectivity index (χ0) is 30.9. The Morgan fingerprint density at radius 3 is 2.23 bits per heavy atom. The number of rotatable bonds is 7. The number of ether oxygens (including phenoxy) is 3. The summed E-state index contributed by atoms with van der Waals surface area (Å²) in [5, 5.41) is 2.99. The molecule has 0 aliphatic carbocycles. The largest absolute Gasteiger partial charge is 0.459 e. The molecular formula is C30H27BrClFN4O6. The van der Waals surface area contributed by atoms with Crippen LogP contribution in [0.2, 0.25) is 5.15 Å². The first kappa shape index (κ1) is 30.6. The van der Waals surface area contributed by atoms with E-state index in [0.29, 0.717) is 15.4 Å². The predicted molar refractivity (Wildman–Crippen MR) is 159 cm³/mol. The van der Waals surface area contributed by atoms with Gasteiger partial charge in [-0.05, 0) is 40.2 Å². The second kappa shape index (κ2) is 12.4. The number of aromatic nitrogens is 3. The van der Waals surface area contributed by atoms with Crippen LogP contribution in [0.4, 0.5) is 10.3 Å². The summed E-state index contributed by atoms with van der Waals surface area (Å²) in [5.74, 6) is -1.86. The molecule has 0 radical (unpaired) electrons. The number of hydrogen-bond acceptors (Lipinski definition) is 8. The van der Waals surface area contributed by atoms with Gasteiger partial charge in [0.1, 0.15) is 17.9 Å². The Hall–Kier alpha value is -3.87. The number of nitrogens with one attached hydrogen (secondary N) is 1. The number of carbonyl (C=O) groups is 3. The quantitative estimate of drug-likeness (QED) is 0.183. The highest BCUT2D eigenvalue weighted by atomic mass is 79.9. The van der Waals surface area contributed by atoms with Crippen molar-refractivity contribution in [3.63, 3.8) is 0 Å². The van der Waals surface area contributed by atoms with E-state index in [0.717, 1.165) is 0 Å². The van der Waals surface area contributed by atoms with E-state index in [1.165, 1.54) is 22.9 Å². The first-order valence-corrected chi connectivity index (χ1v) is 14.4. The molecule has 4 atom stereocenters. The Balaban J connectivity index is 1.47. The van der Waals surface area contributed by atoms with Gasteiger partial charge in [0, 0.05) is 16.1 Å². The second-order valence-corrected chi connectivity index (χ2v) is 12.0.